The first kappa shape index (κ1) is 13.5. The lowest BCUT2D eigenvalue weighted by molar-refractivity contribution is -0.148. The first-order valence-electron chi connectivity index (χ1n) is 5.36. The van der Waals surface area contributed by atoms with Crippen LogP contribution in [0.25, 0.3) is 0 Å². The maximum Gasteiger partial charge on any atom is 0.411 e. The van der Waals surface area contributed by atoms with Gasteiger partial charge >= 0.3 is 12.1 Å². The molecule has 1 heterocycles. The Bertz CT molecular complexity index is 344. The van der Waals surface area contributed by atoms with E-state index in [9.17, 15) is 14.4 Å². The molecule has 0 spiro atoms. The molecule has 1 fully saturated rings. The van der Waals surface area contributed by atoms with Crippen LogP contribution >= 0.6 is 0 Å². The Kier molecular flexibility index (Phi) is 3.75. The molecular formula is C11H17NO5. The summed E-state index contributed by atoms with van der Waals surface area (Å²) >= 11 is 0. The SMILES string of the molecule is COC(=O)[C@H]1C(=O)CCN1C(=O)OC(C)(C)C. The minimum atomic E-state index is -1.16. The lowest BCUT2D eigenvalue weighted by Gasteiger charge is -2.26. The predicted octanol–water partition coefficient (Wildman–Crippen LogP) is 0.738. The smallest absolute Gasteiger partial charge is 0.411 e. The lowest BCUT2D eigenvalue weighted by Crippen LogP contribution is -2.46. The summed E-state index contributed by atoms with van der Waals surface area (Å²) in [6.45, 7) is 5.34. The van der Waals surface area contributed by atoms with Crippen LogP contribution in [0.5, 0.6) is 0 Å². The molecule has 0 radical (unpaired) electrons. The molecule has 1 saturated heterocycles. The summed E-state index contributed by atoms with van der Waals surface area (Å²) in [6, 6.07) is -1.16. The van der Waals surface area contributed by atoms with Crippen LogP contribution in [0.4, 0.5) is 4.79 Å². The molecule has 1 rings (SSSR count). The fourth-order valence-electron chi connectivity index (χ4n) is 1.56. The molecule has 0 aliphatic carbocycles. The van der Waals surface area contributed by atoms with E-state index in [1.165, 1.54) is 7.11 Å². The molecule has 0 saturated carbocycles. The van der Waals surface area contributed by atoms with Crippen LogP contribution in [0.3, 0.4) is 0 Å². The van der Waals surface area contributed by atoms with Crippen molar-refractivity contribution in [3.63, 3.8) is 0 Å². The Morgan fingerprint density at radius 3 is 2.41 bits per heavy atom. The van der Waals surface area contributed by atoms with Crippen molar-refractivity contribution in [2.75, 3.05) is 13.7 Å². The highest BCUT2D eigenvalue weighted by atomic mass is 16.6. The Morgan fingerprint density at radius 2 is 1.94 bits per heavy atom. The van der Waals surface area contributed by atoms with Gasteiger partial charge in [-0.25, -0.2) is 9.59 Å². The fourth-order valence-corrected chi connectivity index (χ4v) is 1.56. The number of nitrogens with zero attached hydrogens (tertiary/aromatic N) is 1. The molecule has 0 aromatic heterocycles. The molecule has 1 aliphatic heterocycles. The summed E-state index contributed by atoms with van der Waals surface area (Å²) in [4.78, 5) is 35.8. The van der Waals surface area contributed by atoms with Crippen molar-refractivity contribution in [3.05, 3.63) is 0 Å². The van der Waals surface area contributed by atoms with E-state index < -0.39 is 23.7 Å². The molecule has 1 atom stereocenters. The standard InChI is InChI=1S/C11H17NO5/c1-11(2,3)17-10(15)12-6-5-7(13)8(12)9(14)16-4/h8H,5-6H2,1-4H3/t8-/m1/s1. The molecule has 17 heavy (non-hydrogen) atoms. The van der Waals surface area contributed by atoms with Gasteiger partial charge in [0, 0.05) is 13.0 Å². The van der Waals surface area contributed by atoms with Crippen molar-refractivity contribution in [2.24, 2.45) is 0 Å². The van der Waals surface area contributed by atoms with Gasteiger partial charge in [-0.05, 0) is 20.8 Å². The summed E-state index contributed by atoms with van der Waals surface area (Å²) < 4.78 is 9.63. The topological polar surface area (TPSA) is 72.9 Å². The van der Waals surface area contributed by atoms with E-state index in [1.807, 2.05) is 0 Å². The average molecular weight is 243 g/mol. The van der Waals surface area contributed by atoms with E-state index in [2.05, 4.69) is 4.74 Å². The van der Waals surface area contributed by atoms with Gasteiger partial charge in [-0.2, -0.15) is 0 Å². The van der Waals surface area contributed by atoms with E-state index in [0.29, 0.717) is 0 Å². The minimum Gasteiger partial charge on any atom is -0.467 e. The highest BCUT2D eigenvalue weighted by Crippen LogP contribution is 2.19. The van der Waals surface area contributed by atoms with E-state index in [0.717, 1.165) is 4.90 Å². The van der Waals surface area contributed by atoms with Gasteiger partial charge in [0.2, 0.25) is 0 Å². The zero-order chi connectivity index (χ0) is 13.2. The number of Topliss-reactive ketones (excluding diaryl/α,β-unsaturated/α-hetero) is 1. The van der Waals surface area contributed by atoms with Gasteiger partial charge in [0.25, 0.3) is 0 Å². The molecule has 0 unspecified atom stereocenters. The summed E-state index contributed by atoms with van der Waals surface area (Å²) in [7, 11) is 1.18. The van der Waals surface area contributed by atoms with Crippen molar-refractivity contribution in [1.29, 1.82) is 0 Å². The second-order valence-corrected chi connectivity index (χ2v) is 4.82. The summed E-state index contributed by atoms with van der Waals surface area (Å²) in [5, 5.41) is 0. The largest absolute Gasteiger partial charge is 0.467 e. The van der Waals surface area contributed by atoms with Gasteiger partial charge in [0.05, 0.1) is 7.11 Å². The second kappa shape index (κ2) is 4.73. The lowest BCUT2D eigenvalue weighted by atomic mass is 10.2. The van der Waals surface area contributed by atoms with Crippen LogP contribution < -0.4 is 0 Å². The third-order valence-electron chi connectivity index (χ3n) is 2.27. The van der Waals surface area contributed by atoms with Crippen molar-refractivity contribution in [3.8, 4) is 0 Å². The molecular weight excluding hydrogens is 226 g/mol. The Hall–Kier alpha value is -1.59. The van der Waals surface area contributed by atoms with Crippen LogP contribution in [0.1, 0.15) is 27.2 Å². The number of hydrogen-bond donors (Lipinski definition) is 0. The number of amides is 1. The van der Waals surface area contributed by atoms with Crippen molar-refractivity contribution < 1.29 is 23.9 Å². The third-order valence-corrected chi connectivity index (χ3v) is 2.27. The van der Waals surface area contributed by atoms with E-state index in [-0.39, 0.29) is 18.7 Å². The van der Waals surface area contributed by atoms with Crippen molar-refractivity contribution in [1.82, 2.24) is 4.90 Å². The second-order valence-electron chi connectivity index (χ2n) is 4.82. The highest BCUT2D eigenvalue weighted by Gasteiger charge is 2.43. The summed E-state index contributed by atoms with van der Waals surface area (Å²) in [6.07, 6.45) is -0.516. The minimum absolute atomic E-state index is 0.152. The quantitative estimate of drug-likeness (QED) is 0.501. The Morgan fingerprint density at radius 1 is 1.35 bits per heavy atom. The number of hydrogen-bond acceptors (Lipinski definition) is 5. The molecule has 0 aromatic carbocycles. The molecule has 0 N–H and O–H groups in total. The Labute approximate surface area is 99.9 Å². The predicted molar refractivity (Wildman–Crippen MR) is 58.4 cm³/mol. The number of esters is 1. The third kappa shape index (κ3) is 3.18. The molecule has 1 amide bonds. The maximum absolute atomic E-state index is 11.8. The number of rotatable bonds is 1. The fraction of sp³-hybridized carbons (Fsp3) is 0.727. The number of likely N-dealkylation sites (tertiary alicyclic amines) is 1. The van der Waals surface area contributed by atoms with Gasteiger partial charge in [0.15, 0.2) is 11.8 Å². The number of carbonyl (C=O) groups is 3. The van der Waals surface area contributed by atoms with Gasteiger partial charge in [-0.1, -0.05) is 0 Å². The zero-order valence-electron chi connectivity index (χ0n) is 10.5. The maximum atomic E-state index is 11.8. The normalized spacial score (nSPS) is 20.4. The molecule has 0 aromatic rings. The van der Waals surface area contributed by atoms with E-state index in [1.54, 1.807) is 20.8 Å². The molecule has 6 heteroatoms. The summed E-state index contributed by atoms with van der Waals surface area (Å²) in [5.41, 5.74) is -0.663. The first-order valence-corrected chi connectivity index (χ1v) is 5.36. The summed E-state index contributed by atoms with van der Waals surface area (Å²) in [5.74, 6) is -1.04. The number of ketones is 1. The number of ether oxygens (including phenoxy) is 2. The van der Waals surface area contributed by atoms with Crippen molar-refractivity contribution >= 4 is 17.8 Å². The van der Waals surface area contributed by atoms with E-state index in [4.69, 9.17) is 4.74 Å². The molecule has 0 bridgehead atoms. The van der Waals surface area contributed by atoms with Crippen LogP contribution in [0.2, 0.25) is 0 Å². The molecule has 1 aliphatic rings. The number of methoxy groups -OCH3 is 1. The van der Waals surface area contributed by atoms with Gasteiger partial charge < -0.3 is 9.47 Å². The van der Waals surface area contributed by atoms with Crippen LogP contribution in [-0.2, 0) is 19.1 Å². The number of carbonyl (C=O) groups excluding carboxylic acids is 3. The van der Waals surface area contributed by atoms with E-state index >= 15 is 0 Å². The highest BCUT2D eigenvalue weighted by molar-refractivity contribution is 6.07. The van der Waals surface area contributed by atoms with Crippen molar-refractivity contribution in [2.45, 2.75) is 38.8 Å². The Balaban J connectivity index is 2.79. The average Bonchev–Trinajstić information content (AvgIpc) is 2.56. The van der Waals surface area contributed by atoms with Crippen LogP contribution in [0, 0.1) is 0 Å². The van der Waals surface area contributed by atoms with Gasteiger partial charge in [0.1, 0.15) is 5.60 Å². The van der Waals surface area contributed by atoms with Gasteiger partial charge in [-0.15, -0.1) is 0 Å². The molecule has 96 valence electrons. The molecule has 6 nitrogen and oxygen atoms in total. The monoisotopic (exact) mass is 243 g/mol. The zero-order valence-corrected chi connectivity index (χ0v) is 10.5. The van der Waals surface area contributed by atoms with Gasteiger partial charge in [-0.3, -0.25) is 9.69 Å². The first-order chi connectivity index (χ1) is 7.76. The van der Waals surface area contributed by atoms with Crippen LogP contribution in [0.15, 0.2) is 0 Å². The van der Waals surface area contributed by atoms with Crippen LogP contribution in [-0.4, -0.2) is 48.0 Å².